The molecule has 2 aromatic heterocycles. The molecule has 2 aliphatic carbocycles. The van der Waals surface area contributed by atoms with Gasteiger partial charge < -0.3 is 5.32 Å². The number of hydrogen-bond acceptors (Lipinski definition) is 3. The van der Waals surface area contributed by atoms with Crippen LogP contribution in [-0.2, 0) is 6.42 Å². The average Bonchev–Trinajstić information content (AvgIpc) is 2.99. The second kappa shape index (κ2) is 4.46. The molecule has 3 atom stereocenters. The fraction of sp³-hybridized carbons (Fsp3) is 0.467. The number of rotatable bonds is 4. The molecule has 19 heavy (non-hydrogen) atoms. The van der Waals surface area contributed by atoms with Crippen LogP contribution < -0.4 is 5.32 Å². The first-order valence-electron chi connectivity index (χ1n) is 7.10. The lowest BCUT2D eigenvalue weighted by Gasteiger charge is -2.40. The highest BCUT2D eigenvalue weighted by atomic mass is 15.2. The van der Waals surface area contributed by atoms with Crippen molar-refractivity contribution >= 4 is 5.65 Å². The third-order valence-corrected chi connectivity index (χ3v) is 4.50. The predicted octanol–water partition coefficient (Wildman–Crippen LogP) is 1.83. The van der Waals surface area contributed by atoms with Gasteiger partial charge in [-0.2, -0.15) is 0 Å². The molecule has 1 N–H and O–H groups in total. The molecule has 98 valence electrons. The lowest BCUT2D eigenvalue weighted by molar-refractivity contribution is 0.164. The molecule has 2 aliphatic rings. The van der Waals surface area contributed by atoms with Crippen molar-refractivity contribution in [3.8, 4) is 0 Å². The van der Waals surface area contributed by atoms with Crippen LogP contribution in [0.25, 0.3) is 5.65 Å². The van der Waals surface area contributed by atoms with E-state index in [1.807, 2.05) is 24.4 Å². The zero-order valence-corrected chi connectivity index (χ0v) is 10.9. The van der Waals surface area contributed by atoms with E-state index in [0.717, 1.165) is 36.3 Å². The van der Waals surface area contributed by atoms with Gasteiger partial charge in [0, 0.05) is 25.2 Å². The lowest BCUT2D eigenvalue weighted by Crippen LogP contribution is -2.48. The van der Waals surface area contributed by atoms with E-state index in [-0.39, 0.29) is 0 Å². The lowest BCUT2D eigenvalue weighted by atomic mass is 9.71. The van der Waals surface area contributed by atoms with Gasteiger partial charge in [0.25, 0.3) is 0 Å². The summed E-state index contributed by atoms with van der Waals surface area (Å²) in [4.78, 5) is 0. The van der Waals surface area contributed by atoms with Crippen molar-refractivity contribution in [1.29, 1.82) is 0 Å². The average molecular weight is 254 g/mol. The molecule has 0 aromatic carbocycles. The maximum Gasteiger partial charge on any atom is 0.160 e. The van der Waals surface area contributed by atoms with Crippen molar-refractivity contribution < 1.29 is 0 Å². The van der Waals surface area contributed by atoms with Gasteiger partial charge in [-0.1, -0.05) is 18.2 Å². The number of hydrogen-bond donors (Lipinski definition) is 1. The first-order chi connectivity index (χ1) is 9.42. The molecule has 0 bridgehead atoms. The van der Waals surface area contributed by atoms with Crippen molar-refractivity contribution in [3.63, 3.8) is 0 Å². The van der Waals surface area contributed by atoms with E-state index in [4.69, 9.17) is 0 Å². The largest absolute Gasteiger partial charge is 0.313 e. The van der Waals surface area contributed by atoms with Gasteiger partial charge in [0.15, 0.2) is 5.65 Å². The van der Waals surface area contributed by atoms with Crippen LogP contribution >= 0.6 is 0 Å². The van der Waals surface area contributed by atoms with E-state index in [9.17, 15) is 0 Å². The van der Waals surface area contributed by atoms with Gasteiger partial charge in [-0.3, -0.25) is 4.40 Å². The van der Waals surface area contributed by atoms with Crippen LogP contribution in [-0.4, -0.2) is 27.2 Å². The molecule has 0 unspecified atom stereocenters. The molecule has 4 nitrogen and oxygen atoms in total. The summed E-state index contributed by atoms with van der Waals surface area (Å²) in [6.45, 7) is 0.984. The van der Waals surface area contributed by atoms with E-state index < -0.39 is 0 Å². The maximum atomic E-state index is 4.26. The Labute approximate surface area is 112 Å². The first kappa shape index (κ1) is 11.2. The molecule has 4 rings (SSSR count). The summed E-state index contributed by atoms with van der Waals surface area (Å²) in [6.07, 6.45) is 10.3. The van der Waals surface area contributed by atoms with Crippen LogP contribution in [0.1, 0.15) is 18.7 Å². The van der Waals surface area contributed by atoms with E-state index in [1.165, 1.54) is 12.8 Å². The monoisotopic (exact) mass is 254 g/mol. The summed E-state index contributed by atoms with van der Waals surface area (Å²) in [7, 11) is 0. The molecule has 0 radical (unpaired) electrons. The van der Waals surface area contributed by atoms with Crippen molar-refractivity contribution in [3.05, 3.63) is 42.4 Å². The number of pyridine rings is 1. The number of allylic oxidation sites excluding steroid dienone is 1. The SMILES string of the molecule is C1=C[C@H]2[C@@H](C1)C[C@@H]2NCCc1nnc2ccccn12. The van der Waals surface area contributed by atoms with Crippen LogP contribution in [0.3, 0.4) is 0 Å². The molecule has 2 aromatic rings. The molecular weight excluding hydrogens is 236 g/mol. The van der Waals surface area contributed by atoms with Crippen molar-refractivity contribution in [2.75, 3.05) is 6.54 Å². The van der Waals surface area contributed by atoms with Crippen molar-refractivity contribution in [1.82, 2.24) is 19.9 Å². The van der Waals surface area contributed by atoms with E-state index in [2.05, 4.69) is 32.1 Å². The topological polar surface area (TPSA) is 42.2 Å². The van der Waals surface area contributed by atoms with Gasteiger partial charge in [0.2, 0.25) is 0 Å². The van der Waals surface area contributed by atoms with Crippen LogP contribution in [0, 0.1) is 11.8 Å². The van der Waals surface area contributed by atoms with Gasteiger partial charge in [0.05, 0.1) is 0 Å². The maximum absolute atomic E-state index is 4.26. The zero-order valence-electron chi connectivity index (χ0n) is 10.9. The second-order valence-electron chi connectivity index (χ2n) is 5.59. The molecule has 4 heteroatoms. The Balaban J connectivity index is 1.36. The first-order valence-corrected chi connectivity index (χ1v) is 7.10. The summed E-state index contributed by atoms with van der Waals surface area (Å²) in [5, 5.41) is 12.1. The summed E-state index contributed by atoms with van der Waals surface area (Å²) in [5.41, 5.74) is 0.930. The highest BCUT2D eigenvalue weighted by Crippen LogP contribution is 2.42. The molecule has 1 fully saturated rings. The van der Waals surface area contributed by atoms with E-state index in [0.29, 0.717) is 6.04 Å². The van der Waals surface area contributed by atoms with E-state index in [1.54, 1.807) is 0 Å². The smallest absolute Gasteiger partial charge is 0.160 e. The normalized spacial score (nSPS) is 28.5. The molecule has 0 amide bonds. The summed E-state index contributed by atoms with van der Waals surface area (Å²) in [5.74, 6) is 2.75. The van der Waals surface area contributed by atoms with E-state index >= 15 is 0 Å². The fourth-order valence-corrected chi connectivity index (χ4v) is 3.38. The Hall–Kier alpha value is -1.68. The Bertz CT molecular complexity index is 615. The molecule has 0 aliphatic heterocycles. The van der Waals surface area contributed by atoms with Crippen LogP contribution in [0.15, 0.2) is 36.5 Å². The second-order valence-corrected chi connectivity index (χ2v) is 5.59. The van der Waals surface area contributed by atoms with Crippen molar-refractivity contribution in [2.24, 2.45) is 11.8 Å². The molecule has 0 saturated heterocycles. The number of nitrogens with zero attached hydrogens (tertiary/aromatic N) is 3. The van der Waals surface area contributed by atoms with Gasteiger partial charge in [0.1, 0.15) is 5.82 Å². The Morgan fingerprint density at radius 1 is 1.32 bits per heavy atom. The van der Waals surface area contributed by atoms with Gasteiger partial charge in [-0.25, -0.2) is 0 Å². The molecular formula is C15H18N4. The Morgan fingerprint density at radius 2 is 2.32 bits per heavy atom. The van der Waals surface area contributed by atoms with Crippen LogP contribution in [0.4, 0.5) is 0 Å². The Morgan fingerprint density at radius 3 is 3.26 bits per heavy atom. The number of nitrogens with one attached hydrogen (secondary N) is 1. The van der Waals surface area contributed by atoms with Crippen LogP contribution in [0.5, 0.6) is 0 Å². The van der Waals surface area contributed by atoms with Crippen molar-refractivity contribution in [2.45, 2.75) is 25.3 Å². The molecule has 1 saturated carbocycles. The van der Waals surface area contributed by atoms with Gasteiger partial charge >= 0.3 is 0 Å². The fourth-order valence-electron chi connectivity index (χ4n) is 3.38. The van der Waals surface area contributed by atoms with Crippen LogP contribution in [0.2, 0.25) is 0 Å². The summed E-state index contributed by atoms with van der Waals surface area (Å²) >= 11 is 0. The zero-order chi connectivity index (χ0) is 12.7. The number of fused-ring (bicyclic) bond motifs is 2. The minimum absolute atomic E-state index is 0.683. The minimum atomic E-state index is 0.683. The quantitative estimate of drug-likeness (QED) is 0.846. The van der Waals surface area contributed by atoms with Gasteiger partial charge in [-0.05, 0) is 36.8 Å². The third kappa shape index (κ3) is 1.87. The minimum Gasteiger partial charge on any atom is -0.313 e. The Kier molecular flexibility index (Phi) is 2.62. The summed E-state index contributed by atoms with van der Waals surface area (Å²) < 4.78 is 2.07. The third-order valence-electron chi connectivity index (χ3n) is 4.50. The highest BCUT2D eigenvalue weighted by Gasteiger charge is 2.40. The predicted molar refractivity (Wildman–Crippen MR) is 73.8 cm³/mol. The number of aromatic nitrogens is 3. The summed E-state index contributed by atoms with van der Waals surface area (Å²) in [6, 6.07) is 6.69. The highest BCUT2D eigenvalue weighted by molar-refractivity contribution is 5.37. The molecule has 0 spiro atoms. The molecule has 2 heterocycles. The standard InChI is InChI=1S/C15H18N4/c1-2-9-19-14(6-1)17-18-15(19)7-8-16-13-10-11-4-3-5-12(11)13/h1-3,5-6,9,11-13,16H,4,7-8,10H2/t11-,12-,13-/m0/s1. The van der Waals surface area contributed by atoms with Gasteiger partial charge in [-0.15, -0.1) is 10.2 Å².